The van der Waals surface area contributed by atoms with E-state index >= 15 is 0 Å². The van der Waals surface area contributed by atoms with Crippen molar-refractivity contribution in [1.29, 1.82) is 0 Å². The van der Waals surface area contributed by atoms with Crippen LogP contribution < -0.4 is 9.88 Å². The Kier molecular flexibility index (Phi) is 4.78. The molecule has 154 valence electrons. The number of anilines is 1. The zero-order chi connectivity index (χ0) is 21.4. The number of nitrogens with one attached hydrogen (secondary N) is 1. The molecule has 0 aliphatic carbocycles. The number of rotatable bonds is 5. The summed E-state index contributed by atoms with van der Waals surface area (Å²) in [6, 6.07) is 16.5. The quantitative estimate of drug-likeness (QED) is 0.494. The van der Waals surface area contributed by atoms with Crippen molar-refractivity contribution in [2.45, 2.75) is 18.9 Å². The minimum absolute atomic E-state index is 0.0351. The molecule has 0 fully saturated rings. The van der Waals surface area contributed by atoms with E-state index in [1.165, 1.54) is 16.7 Å². The first-order valence-electron chi connectivity index (χ1n) is 9.87. The van der Waals surface area contributed by atoms with Crippen LogP contribution in [0.4, 0.5) is 14.6 Å². The normalized spacial score (nSPS) is 15.0. The fraction of sp³-hybridized carbons (Fsp3) is 0.125. The lowest BCUT2D eigenvalue weighted by atomic mass is 10.1. The molecular formula is C24H18F2N3O2+. The van der Waals surface area contributed by atoms with Gasteiger partial charge in [0.1, 0.15) is 23.3 Å². The molecule has 1 unspecified atom stereocenters. The second-order valence-corrected chi connectivity index (χ2v) is 7.37. The van der Waals surface area contributed by atoms with Crippen molar-refractivity contribution in [2.75, 3.05) is 5.32 Å². The molecule has 2 aromatic carbocycles. The van der Waals surface area contributed by atoms with E-state index in [1.807, 2.05) is 30.3 Å². The molecule has 0 radical (unpaired) electrons. The van der Waals surface area contributed by atoms with Crippen molar-refractivity contribution in [3.63, 3.8) is 0 Å². The van der Waals surface area contributed by atoms with Crippen LogP contribution in [0.3, 0.4) is 0 Å². The van der Waals surface area contributed by atoms with Gasteiger partial charge in [0, 0.05) is 12.0 Å². The van der Waals surface area contributed by atoms with Crippen LogP contribution in [0.1, 0.15) is 21.8 Å². The van der Waals surface area contributed by atoms with Gasteiger partial charge in [-0.3, -0.25) is 5.32 Å². The second-order valence-electron chi connectivity index (χ2n) is 7.37. The molecule has 2 aromatic heterocycles. The SMILES string of the molecule is O=C1C(Cc2ccco2)Nc2c(Cc3cccc(F)c3F)nc(-c3ccccc3)c[n+]21. The first-order valence-corrected chi connectivity index (χ1v) is 9.87. The van der Waals surface area contributed by atoms with Gasteiger partial charge in [-0.25, -0.2) is 18.6 Å². The molecule has 1 aliphatic heterocycles. The van der Waals surface area contributed by atoms with Gasteiger partial charge >= 0.3 is 11.7 Å². The molecule has 0 amide bonds. The number of fused-ring (bicyclic) bond motifs is 1. The van der Waals surface area contributed by atoms with Crippen LogP contribution in [-0.4, -0.2) is 16.9 Å². The Morgan fingerprint density at radius 3 is 2.65 bits per heavy atom. The highest BCUT2D eigenvalue weighted by molar-refractivity contribution is 5.82. The topological polar surface area (TPSA) is 59.0 Å². The summed E-state index contributed by atoms with van der Waals surface area (Å²) in [6.45, 7) is 0. The standard InChI is InChI=1S/C24H17F2N3O2/c25-18-10-4-8-16(22(18)26)12-19-23-28-20(13-17-9-5-11-31-17)24(30)29(23)14-21(27-19)15-6-2-1-3-7-15/h1-11,14,20H,12-13H2/p+1. The van der Waals surface area contributed by atoms with E-state index in [1.54, 1.807) is 24.6 Å². The second kappa shape index (κ2) is 7.75. The zero-order valence-electron chi connectivity index (χ0n) is 16.4. The van der Waals surface area contributed by atoms with Gasteiger partial charge in [0.2, 0.25) is 6.04 Å². The van der Waals surface area contributed by atoms with E-state index in [0.29, 0.717) is 29.4 Å². The zero-order valence-corrected chi connectivity index (χ0v) is 16.4. The van der Waals surface area contributed by atoms with Gasteiger partial charge in [-0.05, 0) is 23.8 Å². The number of carbonyl (C=O) groups excluding carboxylic acids is 1. The van der Waals surface area contributed by atoms with Gasteiger partial charge in [0.15, 0.2) is 11.6 Å². The van der Waals surface area contributed by atoms with Gasteiger partial charge in [-0.15, -0.1) is 0 Å². The Hall–Kier alpha value is -3.87. The molecule has 1 N–H and O–H groups in total. The molecule has 1 atom stereocenters. The number of halogens is 2. The average Bonchev–Trinajstić information content (AvgIpc) is 3.41. The van der Waals surface area contributed by atoms with Gasteiger partial charge in [-0.1, -0.05) is 42.5 Å². The lowest BCUT2D eigenvalue weighted by Crippen LogP contribution is -2.44. The Morgan fingerprint density at radius 1 is 1.03 bits per heavy atom. The summed E-state index contributed by atoms with van der Waals surface area (Å²) in [5.74, 6) is -0.838. The van der Waals surface area contributed by atoms with Gasteiger partial charge in [0.25, 0.3) is 0 Å². The number of hydrogen-bond acceptors (Lipinski definition) is 4. The Balaban J connectivity index is 1.58. The molecule has 31 heavy (non-hydrogen) atoms. The van der Waals surface area contributed by atoms with E-state index < -0.39 is 17.7 Å². The molecule has 7 heteroatoms. The van der Waals surface area contributed by atoms with Crippen LogP contribution in [0.2, 0.25) is 0 Å². The minimum atomic E-state index is -0.916. The first kappa shape index (κ1) is 19.1. The third kappa shape index (κ3) is 3.59. The fourth-order valence-corrected chi connectivity index (χ4v) is 3.78. The van der Waals surface area contributed by atoms with E-state index in [0.717, 1.165) is 11.6 Å². The largest absolute Gasteiger partial charge is 0.469 e. The molecule has 5 nitrogen and oxygen atoms in total. The van der Waals surface area contributed by atoms with Crippen molar-refractivity contribution in [1.82, 2.24) is 4.98 Å². The van der Waals surface area contributed by atoms with E-state index in [-0.39, 0.29) is 17.9 Å². The van der Waals surface area contributed by atoms with Gasteiger partial charge in [-0.2, -0.15) is 4.57 Å². The van der Waals surface area contributed by atoms with Crippen molar-refractivity contribution in [2.24, 2.45) is 0 Å². The molecule has 3 heterocycles. The maximum atomic E-state index is 14.4. The van der Waals surface area contributed by atoms with Gasteiger partial charge < -0.3 is 4.42 Å². The molecule has 4 aromatic rings. The van der Waals surface area contributed by atoms with E-state index in [2.05, 4.69) is 5.32 Å². The monoisotopic (exact) mass is 418 g/mol. The molecule has 5 rings (SSSR count). The predicted molar refractivity (Wildman–Crippen MR) is 109 cm³/mol. The summed E-state index contributed by atoms with van der Waals surface area (Å²) < 4.78 is 35.0. The van der Waals surface area contributed by atoms with E-state index in [9.17, 15) is 13.6 Å². The Morgan fingerprint density at radius 2 is 1.87 bits per heavy atom. The molecular weight excluding hydrogens is 400 g/mol. The summed E-state index contributed by atoms with van der Waals surface area (Å²) in [6.07, 6.45) is 3.63. The first-order chi connectivity index (χ1) is 15.1. The van der Waals surface area contributed by atoms with Crippen molar-refractivity contribution in [3.8, 4) is 11.3 Å². The van der Waals surface area contributed by atoms with Crippen molar-refractivity contribution in [3.05, 3.63) is 102 Å². The lowest BCUT2D eigenvalue weighted by molar-refractivity contribution is -0.552. The summed E-state index contributed by atoms with van der Waals surface area (Å²) in [5.41, 5.74) is 2.02. The average molecular weight is 418 g/mol. The molecule has 1 aliphatic rings. The highest BCUT2D eigenvalue weighted by atomic mass is 19.2. The van der Waals surface area contributed by atoms with Crippen LogP contribution in [-0.2, 0) is 12.8 Å². The Labute approximate surface area is 177 Å². The summed E-state index contributed by atoms with van der Waals surface area (Å²) in [7, 11) is 0. The van der Waals surface area contributed by atoms with Crippen LogP contribution >= 0.6 is 0 Å². The van der Waals surface area contributed by atoms with E-state index in [4.69, 9.17) is 9.40 Å². The lowest BCUT2D eigenvalue weighted by Gasteiger charge is -2.08. The number of aromatic nitrogens is 2. The van der Waals surface area contributed by atoms with Crippen molar-refractivity contribution < 1.29 is 22.6 Å². The number of carbonyl (C=O) groups is 1. The highest BCUT2D eigenvalue weighted by Crippen LogP contribution is 2.26. The molecule has 0 bridgehead atoms. The van der Waals surface area contributed by atoms with Crippen LogP contribution in [0.15, 0.2) is 77.5 Å². The third-order valence-corrected chi connectivity index (χ3v) is 5.31. The Bertz CT molecular complexity index is 1260. The molecule has 0 saturated carbocycles. The fourth-order valence-electron chi connectivity index (χ4n) is 3.78. The highest BCUT2D eigenvalue weighted by Gasteiger charge is 2.41. The van der Waals surface area contributed by atoms with Crippen LogP contribution in [0.25, 0.3) is 11.3 Å². The molecule has 0 spiro atoms. The summed E-state index contributed by atoms with van der Waals surface area (Å²) in [4.78, 5) is 17.8. The van der Waals surface area contributed by atoms with Gasteiger partial charge in [0.05, 0.1) is 12.7 Å². The number of hydrogen-bond donors (Lipinski definition) is 1. The third-order valence-electron chi connectivity index (χ3n) is 5.31. The number of nitrogens with zero attached hydrogens (tertiary/aromatic N) is 2. The van der Waals surface area contributed by atoms with Crippen molar-refractivity contribution >= 4 is 11.7 Å². The summed E-state index contributed by atoms with van der Waals surface area (Å²) >= 11 is 0. The number of furan rings is 1. The van der Waals surface area contributed by atoms with Crippen LogP contribution in [0.5, 0.6) is 0 Å². The maximum Gasteiger partial charge on any atom is 0.359 e. The predicted octanol–water partition coefficient (Wildman–Crippen LogP) is 4.18. The smallest absolute Gasteiger partial charge is 0.359 e. The minimum Gasteiger partial charge on any atom is -0.469 e. The summed E-state index contributed by atoms with van der Waals surface area (Å²) in [5, 5.41) is 3.20. The maximum absolute atomic E-state index is 14.4. The number of benzene rings is 2. The molecule has 0 saturated heterocycles. The van der Waals surface area contributed by atoms with Crippen LogP contribution in [0, 0.1) is 11.6 Å².